The molecule has 2 atom stereocenters. The second-order valence-corrected chi connectivity index (χ2v) is 8.87. The van der Waals surface area contributed by atoms with Gasteiger partial charge in [-0.2, -0.15) is 0 Å². The predicted octanol–water partition coefficient (Wildman–Crippen LogP) is 3.31. The van der Waals surface area contributed by atoms with E-state index in [1.165, 1.54) is 0 Å². The molecule has 0 aliphatic carbocycles. The first kappa shape index (κ1) is 22.9. The number of carbonyl (C=O) groups is 2. The van der Waals surface area contributed by atoms with E-state index in [0.29, 0.717) is 37.7 Å². The Morgan fingerprint density at radius 2 is 1.89 bits per heavy atom. The van der Waals surface area contributed by atoms with Gasteiger partial charge in [0.05, 0.1) is 36.7 Å². The largest absolute Gasteiger partial charge is 0.378 e. The zero-order valence-corrected chi connectivity index (χ0v) is 19.8. The summed E-state index contributed by atoms with van der Waals surface area (Å²) in [6.07, 6.45) is 7.34. The van der Waals surface area contributed by atoms with E-state index in [-0.39, 0.29) is 23.9 Å². The fourth-order valence-electron chi connectivity index (χ4n) is 4.83. The smallest absolute Gasteiger partial charge is 0.255 e. The third-order valence-electron chi connectivity index (χ3n) is 6.51. The number of benzene rings is 1. The molecule has 0 saturated carbocycles. The highest BCUT2D eigenvalue weighted by atomic mass is 16.5. The summed E-state index contributed by atoms with van der Waals surface area (Å²) in [7, 11) is 0. The van der Waals surface area contributed by atoms with Crippen LogP contribution in [0.15, 0.2) is 55.1 Å². The molecule has 9 heteroatoms. The number of nitrogens with zero attached hydrogens (tertiary/aromatic N) is 5. The summed E-state index contributed by atoms with van der Waals surface area (Å²) >= 11 is 0. The molecule has 2 amide bonds. The van der Waals surface area contributed by atoms with E-state index in [4.69, 9.17) is 4.74 Å². The molecular formula is C26H28N6O3. The summed E-state index contributed by atoms with van der Waals surface area (Å²) in [4.78, 5) is 41.9. The standard InChI is InChI=1S/C26H28N6O3/c1-17-13-23(30-25-16-27-7-8-28-25)21-14-19(4-6-24(21)32(17)18(2)33)22-5-3-20(15-29-22)26(34)31-9-11-35-12-10-31/h3-8,14-17,23H,9-13H2,1-2H3,(H,28,30)/t17-,23?/m0/s1. The molecule has 1 fully saturated rings. The maximum atomic E-state index is 12.8. The lowest BCUT2D eigenvalue weighted by molar-refractivity contribution is -0.117. The first-order chi connectivity index (χ1) is 17.0. The van der Waals surface area contributed by atoms with Gasteiger partial charge < -0.3 is 19.9 Å². The van der Waals surface area contributed by atoms with Crippen molar-refractivity contribution >= 4 is 23.3 Å². The van der Waals surface area contributed by atoms with Crippen molar-refractivity contribution in [3.63, 3.8) is 0 Å². The highest BCUT2D eigenvalue weighted by molar-refractivity contribution is 5.95. The number of rotatable bonds is 4. The van der Waals surface area contributed by atoms with Gasteiger partial charge >= 0.3 is 0 Å². The molecule has 1 aromatic carbocycles. The SMILES string of the molecule is CC(=O)N1c2ccc(-c3ccc(C(=O)N4CCOCC4)cn3)cc2C(Nc2cnccn2)C[C@@H]1C. The van der Waals surface area contributed by atoms with Crippen molar-refractivity contribution in [1.82, 2.24) is 19.9 Å². The molecule has 2 aliphatic heterocycles. The Bertz CT molecular complexity index is 1210. The number of pyridine rings is 1. The second-order valence-electron chi connectivity index (χ2n) is 8.87. The summed E-state index contributed by atoms with van der Waals surface area (Å²) in [5, 5.41) is 3.47. The van der Waals surface area contributed by atoms with Gasteiger partial charge in [-0.3, -0.25) is 19.6 Å². The van der Waals surface area contributed by atoms with Crippen LogP contribution in [0.3, 0.4) is 0 Å². The average Bonchev–Trinajstić information content (AvgIpc) is 2.89. The van der Waals surface area contributed by atoms with E-state index < -0.39 is 0 Å². The maximum absolute atomic E-state index is 12.8. The van der Waals surface area contributed by atoms with E-state index >= 15 is 0 Å². The van der Waals surface area contributed by atoms with Crippen molar-refractivity contribution in [2.45, 2.75) is 32.4 Å². The van der Waals surface area contributed by atoms with Gasteiger partial charge in [-0.25, -0.2) is 4.98 Å². The molecule has 9 nitrogen and oxygen atoms in total. The fourth-order valence-corrected chi connectivity index (χ4v) is 4.83. The molecule has 2 aliphatic rings. The number of ether oxygens (including phenoxy) is 1. The Labute approximate surface area is 204 Å². The highest BCUT2D eigenvalue weighted by Crippen LogP contribution is 2.40. The number of hydrogen-bond donors (Lipinski definition) is 1. The van der Waals surface area contributed by atoms with Gasteiger partial charge in [0.25, 0.3) is 5.91 Å². The average molecular weight is 473 g/mol. The predicted molar refractivity (Wildman–Crippen MR) is 132 cm³/mol. The zero-order chi connectivity index (χ0) is 24.4. The van der Waals surface area contributed by atoms with E-state index in [9.17, 15) is 9.59 Å². The van der Waals surface area contributed by atoms with Crippen LogP contribution in [0.2, 0.25) is 0 Å². The molecule has 1 unspecified atom stereocenters. The topological polar surface area (TPSA) is 101 Å². The minimum absolute atomic E-state index is 0.00792. The Morgan fingerprint density at radius 3 is 2.57 bits per heavy atom. The van der Waals surface area contributed by atoms with Crippen molar-refractivity contribution < 1.29 is 14.3 Å². The van der Waals surface area contributed by atoms with Gasteiger partial charge in [0.15, 0.2) is 0 Å². The van der Waals surface area contributed by atoms with Crippen molar-refractivity contribution in [3.05, 3.63) is 66.2 Å². The summed E-state index contributed by atoms with van der Waals surface area (Å²) in [5.74, 6) is 0.659. The van der Waals surface area contributed by atoms with Crippen molar-refractivity contribution in [2.24, 2.45) is 0 Å². The Balaban J connectivity index is 1.45. The fraction of sp³-hybridized carbons (Fsp3) is 0.346. The Kier molecular flexibility index (Phi) is 6.41. The molecule has 3 aromatic rings. The normalized spacial score (nSPS) is 19.7. The van der Waals surface area contributed by atoms with Crippen LogP contribution in [0, 0.1) is 0 Å². The molecule has 180 valence electrons. The van der Waals surface area contributed by atoms with Gasteiger partial charge in [-0.1, -0.05) is 6.07 Å². The van der Waals surface area contributed by atoms with Gasteiger partial charge in [0.1, 0.15) is 5.82 Å². The quantitative estimate of drug-likeness (QED) is 0.622. The van der Waals surface area contributed by atoms with Gasteiger partial charge in [0.2, 0.25) is 5.91 Å². The number of amides is 2. The van der Waals surface area contributed by atoms with Crippen LogP contribution in [0.4, 0.5) is 11.5 Å². The van der Waals surface area contributed by atoms with Crippen LogP contribution in [0.1, 0.15) is 42.2 Å². The molecule has 2 aromatic heterocycles. The number of nitrogens with one attached hydrogen (secondary N) is 1. The first-order valence-electron chi connectivity index (χ1n) is 11.8. The molecule has 4 heterocycles. The van der Waals surface area contributed by atoms with Crippen molar-refractivity contribution in [3.8, 4) is 11.3 Å². The number of aromatic nitrogens is 3. The maximum Gasteiger partial charge on any atom is 0.255 e. The number of anilines is 2. The van der Waals surface area contributed by atoms with Crippen LogP contribution < -0.4 is 10.2 Å². The van der Waals surface area contributed by atoms with E-state index in [0.717, 1.165) is 28.9 Å². The van der Waals surface area contributed by atoms with E-state index in [1.54, 1.807) is 36.6 Å². The van der Waals surface area contributed by atoms with Gasteiger partial charge in [0, 0.05) is 55.9 Å². The molecule has 35 heavy (non-hydrogen) atoms. The van der Waals surface area contributed by atoms with E-state index in [1.807, 2.05) is 29.2 Å². The summed E-state index contributed by atoms with van der Waals surface area (Å²) in [6.45, 7) is 5.96. The number of fused-ring (bicyclic) bond motifs is 1. The molecule has 0 bridgehead atoms. The lowest BCUT2D eigenvalue weighted by Gasteiger charge is -2.39. The molecule has 0 radical (unpaired) electrons. The second kappa shape index (κ2) is 9.79. The first-order valence-corrected chi connectivity index (χ1v) is 11.8. The number of morpholine rings is 1. The van der Waals surface area contributed by atoms with Crippen LogP contribution in [-0.4, -0.2) is 64.0 Å². The van der Waals surface area contributed by atoms with Crippen LogP contribution in [0.5, 0.6) is 0 Å². The van der Waals surface area contributed by atoms with Crippen LogP contribution in [-0.2, 0) is 9.53 Å². The van der Waals surface area contributed by atoms with Crippen molar-refractivity contribution in [1.29, 1.82) is 0 Å². The molecule has 5 rings (SSSR count). The lowest BCUT2D eigenvalue weighted by Crippen LogP contribution is -2.43. The Morgan fingerprint density at radius 1 is 1.06 bits per heavy atom. The third kappa shape index (κ3) is 4.72. The zero-order valence-electron chi connectivity index (χ0n) is 19.8. The molecular weight excluding hydrogens is 444 g/mol. The number of hydrogen-bond acceptors (Lipinski definition) is 7. The molecule has 0 spiro atoms. The van der Waals surface area contributed by atoms with Crippen LogP contribution >= 0.6 is 0 Å². The monoisotopic (exact) mass is 472 g/mol. The summed E-state index contributed by atoms with van der Waals surface area (Å²) in [5.41, 5.74) is 4.11. The van der Waals surface area contributed by atoms with E-state index in [2.05, 4.69) is 33.3 Å². The Hall–Kier alpha value is -3.85. The van der Waals surface area contributed by atoms with Crippen LogP contribution in [0.25, 0.3) is 11.3 Å². The summed E-state index contributed by atoms with van der Waals surface area (Å²) in [6, 6.07) is 9.68. The molecule has 1 N–H and O–H groups in total. The molecule has 1 saturated heterocycles. The minimum Gasteiger partial charge on any atom is -0.378 e. The number of carbonyl (C=O) groups excluding carboxylic acids is 2. The lowest BCUT2D eigenvalue weighted by atomic mass is 9.89. The highest BCUT2D eigenvalue weighted by Gasteiger charge is 2.33. The minimum atomic E-state index is -0.0468. The summed E-state index contributed by atoms with van der Waals surface area (Å²) < 4.78 is 5.34. The van der Waals surface area contributed by atoms with Gasteiger partial charge in [-0.05, 0) is 43.2 Å². The van der Waals surface area contributed by atoms with Crippen molar-refractivity contribution in [2.75, 3.05) is 36.5 Å². The third-order valence-corrected chi connectivity index (χ3v) is 6.51. The van der Waals surface area contributed by atoms with Gasteiger partial charge in [-0.15, -0.1) is 0 Å².